The number of para-hydroxylation sites is 1. The Labute approximate surface area is 178 Å². The third-order valence-electron chi connectivity index (χ3n) is 4.79. The summed E-state index contributed by atoms with van der Waals surface area (Å²) in [5, 5.41) is 3.01. The van der Waals surface area contributed by atoms with Crippen LogP contribution in [0.5, 0.6) is 0 Å². The number of carbonyl (C=O) groups is 1. The van der Waals surface area contributed by atoms with Crippen molar-refractivity contribution in [2.75, 3.05) is 5.32 Å². The monoisotopic (exact) mass is 415 g/mol. The molecule has 4 rings (SSSR count). The van der Waals surface area contributed by atoms with Gasteiger partial charge >= 0.3 is 0 Å². The molecule has 4 aromatic rings. The van der Waals surface area contributed by atoms with E-state index < -0.39 is 0 Å². The number of nitrogens with one attached hydrogen (secondary N) is 1. The molecule has 1 heterocycles. The predicted molar refractivity (Wildman–Crippen MR) is 121 cm³/mol. The van der Waals surface area contributed by atoms with Crippen LogP contribution in [-0.2, 0) is 6.54 Å². The lowest BCUT2D eigenvalue weighted by Gasteiger charge is -2.12. The fourth-order valence-electron chi connectivity index (χ4n) is 3.30. The average Bonchev–Trinajstić information content (AvgIpc) is 2.76. The first-order valence-corrected chi connectivity index (χ1v) is 10.5. The largest absolute Gasteiger partial charge is 0.321 e. The Morgan fingerprint density at radius 2 is 1.77 bits per heavy atom. The van der Waals surface area contributed by atoms with Crippen molar-refractivity contribution in [3.63, 3.8) is 0 Å². The van der Waals surface area contributed by atoms with Crippen LogP contribution < -0.4 is 10.9 Å². The lowest BCUT2D eigenvalue weighted by Crippen LogP contribution is -2.23. The van der Waals surface area contributed by atoms with Gasteiger partial charge in [0.15, 0.2) is 0 Å². The van der Waals surface area contributed by atoms with Crippen LogP contribution in [-0.4, -0.2) is 15.5 Å². The summed E-state index contributed by atoms with van der Waals surface area (Å²) in [6.45, 7) is 4.16. The van der Waals surface area contributed by atoms with Crippen LogP contribution in [0.25, 0.3) is 11.0 Å². The van der Waals surface area contributed by atoms with E-state index in [1.165, 1.54) is 0 Å². The first-order chi connectivity index (χ1) is 14.6. The van der Waals surface area contributed by atoms with Crippen LogP contribution in [0.15, 0.2) is 87.4 Å². The van der Waals surface area contributed by atoms with Gasteiger partial charge in [-0.2, -0.15) is 0 Å². The number of anilines is 1. The lowest BCUT2D eigenvalue weighted by molar-refractivity contribution is 0.102. The summed E-state index contributed by atoms with van der Waals surface area (Å²) >= 11 is 1.60. The predicted octanol–water partition coefficient (Wildman–Crippen LogP) is 5.13. The van der Waals surface area contributed by atoms with Gasteiger partial charge in [-0.1, -0.05) is 42.1 Å². The summed E-state index contributed by atoms with van der Waals surface area (Å²) in [5.74, 6) is -0.216. The summed E-state index contributed by atoms with van der Waals surface area (Å²) in [7, 11) is 0. The number of nitrogens with zero attached hydrogens (tertiary/aromatic N) is 2. The number of fused-ring (bicyclic) bond motifs is 1. The van der Waals surface area contributed by atoms with Crippen LogP contribution in [0, 0.1) is 6.92 Å². The number of aromatic nitrogens is 2. The molecule has 0 saturated carbocycles. The average molecular weight is 416 g/mol. The second-order valence-electron chi connectivity index (χ2n) is 6.82. The second kappa shape index (κ2) is 8.55. The van der Waals surface area contributed by atoms with E-state index in [9.17, 15) is 9.59 Å². The molecular weight excluding hydrogens is 394 g/mol. The van der Waals surface area contributed by atoms with Crippen molar-refractivity contribution in [3.8, 4) is 0 Å². The molecule has 1 N–H and O–H groups in total. The molecule has 30 heavy (non-hydrogen) atoms. The lowest BCUT2D eigenvalue weighted by atomic mass is 10.1. The Balaban J connectivity index is 1.64. The summed E-state index contributed by atoms with van der Waals surface area (Å²) in [6.07, 6.45) is 0. The number of amides is 1. The third kappa shape index (κ3) is 4.00. The molecule has 0 unspecified atom stereocenters. The smallest absolute Gasteiger partial charge is 0.272 e. The first kappa shape index (κ1) is 19.9. The number of aryl methyl sites for hydroxylation is 2. The number of carbonyl (C=O) groups excluding carboxylic acids is 1. The summed E-state index contributed by atoms with van der Waals surface area (Å²) in [6, 6.07) is 23.0. The minimum Gasteiger partial charge on any atom is -0.321 e. The molecule has 6 heteroatoms. The molecule has 0 aliphatic rings. The zero-order valence-corrected chi connectivity index (χ0v) is 17.6. The van der Waals surface area contributed by atoms with E-state index >= 15 is 0 Å². The molecule has 0 bridgehead atoms. The Morgan fingerprint density at radius 3 is 2.53 bits per heavy atom. The summed E-state index contributed by atoms with van der Waals surface area (Å²) in [4.78, 5) is 31.7. The van der Waals surface area contributed by atoms with Crippen molar-refractivity contribution in [2.45, 2.75) is 30.2 Å². The van der Waals surface area contributed by atoms with Crippen molar-refractivity contribution in [2.24, 2.45) is 0 Å². The second-order valence-corrected chi connectivity index (χ2v) is 7.93. The van der Waals surface area contributed by atoms with Crippen molar-refractivity contribution in [3.05, 3.63) is 94.4 Å². The molecule has 3 aromatic carbocycles. The summed E-state index contributed by atoms with van der Waals surface area (Å²) in [5.41, 5.74) is 2.92. The van der Waals surface area contributed by atoms with Gasteiger partial charge in [-0.25, -0.2) is 4.98 Å². The Morgan fingerprint density at radius 1 is 1.03 bits per heavy atom. The van der Waals surface area contributed by atoms with E-state index in [1.54, 1.807) is 41.5 Å². The molecule has 0 aliphatic carbocycles. The Hall–Kier alpha value is -3.38. The molecule has 5 nitrogen and oxygen atoms in total. The zero-order chi connectivity index (χ0) is 21.1. The summed E-state index contributed by atoms with van der Waals surface area (Å²) < 4.78 is 1.67. The van der Waals surface area contributed by atoms with Crippen LogP contribution in [0.2, 0.25) is 0 Å². The van der Waals surface area contributed by atoms with Gasteiger partial charge in [0, 0.05) is 21.9 Å². The number of rotatable bonds is 5. The fraction of sp³-hybridized carbons (Fsp3) is 0.125. The SMILES string of the molecule is CCn1c(=O)c(C)nc2cc(C(=O)Nc3ccccc3Sc3ccccc3)ccc21. The van der Waals surface area contributed by atoms with Crippen molar-refractivity contribution >= 4 is 34.4 Å². The van der Waals surface area contributed by atoms with Gasteiger partial charge in [0.2, 0.25) is 0 Å². The molecule has 0 saturated heterocycles. The first-order valence-electron chi connectivity index (χ1n) is 9.71. The standard InChI is InChI=1S/C24H21N3O2S/c1-3-27-21-14-13-17(15-20(21)25-16(2)24(27)29)23(28)26-19-11-7-8-12-22(19)30-18-9-5-4-6-10-18/h4-15H,3H2,1-2H3,(H,26,28). The molecule has 0 atom stereocenters. The molecule has 0 spiro atoms. The maximum atomic E-state index is 13.0. The van der Waals surface area contributed by atoms with Crippen LogP contribution in [0.3, 0.4) is 0 Å². The highest BCUT2D eigenvalue weighted by atomic mass is 32.2. The van der Waals surface area contributed by atoms with E-state index in [2.05, 4.69) is 10.3 Å². The molecule has 0 radical (unpaired) electrons. The topological polar surface area (TPSA) is 64.0 Å². The van der Waals surface area contributed by atoms with Gasteiger partial charge in [-0.15, -0.1) is 0 Å². The van der Waals surface area contributed by atoms with Crippen molar-refractivity contribution < 1.29 is 4.79 Å². The van der Waals surface area contributed by atoms with Gasteiger partial charge in [-0.3, -0.25) is 9.59 Å². The van der Waals surface area contributed by atoms with Gasteiger partial charge in [0.1, 0.15) is 5.69 Å². The molecule has 1 aromatic heterocycles. The van der Waals surface area contributed by atoms with Crippen molar-refractivity contribution in [1.29, 1.82) is 0 Å². The molecule has 150 valence electrons. The Kier molecular flexibility index (Phi) is 5.68. The van der Waals surface area contributed by atoms with Gasteiger partial charge in [0.25, 0.3) is 11.5 Å². The van der Waals surface area contributed by atoms with E-state index in [0.717, 1.165) is 21.0 Å². The molecular formula is C24H21N3O2S. The maximum Gasteiger partial charge on any atom is 0.272 e. The van der Waals surface area contributed by atoms with Gasteiger partial charge < -0.3 is 9.88 Å². The highest BCUT2D eigenvalue weighted by Gasteiger charge is 2.13. The minimum absolute atomic E-state index is 0.103. The van der Waals surface area contributed by atoms with Gasteiger partial charge in [0.05, 0.1) is 16.7 Å². The molecule has 1 amide bonds. The van der Waals surface area contributed by atoms with Gasteiger partial charge in [-0.05, 0) is 56.3 Å². The van der Waals surface area contributed by atoms with E-state index in [0.29, 0.717) is 23.3 Å². The highest BCUT2D eigenvalue weighted by Crippen LogP contribution is 2.33. The maximum absolute atomic E-state index is 13.0. The van der Waals surface area contributed by atoms with Crippen molar-refractivity contribution in [1.82, 2.24) is 9.55 Å². The van der Waals surface area contributed by atoms with Crippen LogP contribution in [0.4, 0.5) is 5.69 Å². The van der Waals surface area contributed by atoms with E-state index in [-0.39, 0.29) is 11.5 Å². The van der Waals surface area contributed by atoms with Crippen LogP contribution >= 0.6 is 11.8 Å². The Bertz CT molecular complexity index is 1280. The number of benzene rings is 3. The normalized spacial score (nSPS) is 10.9. The zero-order valence-electron chi connectivity index (χ0n) is 16.8. The van der Waals surface area contributed by atoms with E-state index in [1.807, 2.05) is 61.5 Å². The molecule has 0 aliphatic heterocycles. The number of hydrogen-bond donors (Lipinski definition) is 1. The third-order valence-corrected chi connectivity index (χ3v) is 5.88. The quantitative estimate of drug-likeness (QED) is 0.491. The highest BCUT2D eigenvalue weighted by molar-refractivity contribution is 7.99. The number of hydrogen-bond acceptors (Lipinski definition) is 4. The molecule has 0 fully saturated rings. The van der Waals surface area contributed by atoms with E-state index in [4.69, 9.17) is 0 Å². The fourth-order valence-corrected chi connectivity index (χ4v) is 4.22. The minimum atomic E-state index is -0.216. The van der Waals surface area contributed by atoms with Crippen LogP contribution in [0.1, 0.15) is 23.0 Å².